The first-order valence-electron chi connectivity index (χ1n) is 9.41. The first kappa shape index (κ1) is 20.5. The van der Waals surface area contributed by atoms with Crippen LogP contribution in [-0.4, -0.2) is 46.1 Å². The second kappa shape index (κ2) is 8.02. The summed E-state index contributed by atoms with van der Waals surface area (Å²) in [6.45, 7) is 6.35. The number of carbonyl (C=O) groups excluding carboxylic acids is 2. The van der Waals surface area contributed by atoms with E-state index in [-0.39, 0.29) is 6.09 Å². The first-order valence-corrected chi connectivity index (χ1v) is 9.41. The Balaban J connectivity index is 1.72. The van der Waals surface area contributed by atoms with Crippen molar-refractivity contribution in [1.29, 1.82) is 0 Å². The minimum Gasteiger partial charge on any atom is -0.497 e. The zero-order valence-electron chi connectivity index (χ0n) is 17.4. The molecular weight excluding hydrogens is 374 g/mol. The van der Waals surface area contributed by atoms with Gasteiger partial charge < -0.3 is 19.7 Å². The standard InChI is InChI=1S/C20H27N5O4/c1-20(2,3)29-19(27)25-10-9-16-15(12-25)17(24(4)23-16)22-18(26)21-13-7-6-8-14(11-13)28-5/h6-8,11H,9-10,12H2,1-5H3,(H2,21,22,26). The van der Waals surface area contributed by atoms with E-state index in [4.69, 9.17) is 9.47 Å². The molecule has 0 saturated heterocycles. The Morgan fingerprint density at radius 2 is 1.97 bits per heavy atom. The molecule has 1 aromatic carbocycles. The molecule has 1 aliphatic heterocycles. The van der Waals surface area contributed by atoms with Crippen molar-refractivity contribution in [3.05, 3.63) is 35.5 Å². The molecule has 3 rings (SSSR count). The minimum absolute atomic E-state index is 0.326. The number of hydrogen-bond acceptors (Lipinski definition) is 5. The van der Waals surface area contributed by atoms with Crippen LogP contribution < -0.4 is 15.4 Å². The highest BCUT2D eigenvalue weighted by atomic mass is 16.6. The Hall–Kier alpha value is -3.23. The lowest BCUT2D eigenvalue weighted by atomic mass is 10.1. The molecule has 2 heterocycles. The number of benzene rings is 1. The van der Waals surface area contributed by atoms with Gasteiger partial charge in [0.2, 0.25) is 0 Å². The number of fused-ring (bicyclic) bond motifs is 1. The zero-order valence-corrected chi connectivity index (χ0v) is 17.4. The van der Waals surface area contributed by atoms with Crippen molar-refractivity contribution >= 4 is 23.6 Å². The number of methoxy groups -OCH3 is 1. The summed E-state index contributed by atoms with van der Waals surface area (Å²) < 4.78 is 12.3. The maximum Gasteiger partial charge on any atom is 0.410 e. The molecule has 1 aliphatic rings. The molecule has 0 aliphatic carbocycles. The topological polar surface area (TPSA) is 97.7 Å². The molecule has 0 spiro atoms. The van der Waals surface area contributed by atoms with Crippen LogP contribution in [0.1, 0.15) is 32.0 Å². The number of urea groups is 1. The molecule has 156 valence electrons. The lowest BCUT2D eigenvalue weighted by molar-refractivity contribution is 0.0224. The van der Waals surface area contributed by atoms with Crippen LogP contribution in [0, 0.1) is 0 Å². The van der Waals surface area contributed by atoms with Crippen LogP contribution in [0.4, 0.5) is 21.1 Å². The van der Waals surface area contributed by atoms with Crippen molar-refractivity contribution in [3.63, 3.8) is 0 Å². The molecule has 9 nitrogen and oxygen atoms in total. The number of nitrogens with one attached hydrogen (secondary N) is 2. The molecule has 9 heteroatoms. The molecule has 1 aromatic heterocycles. The highest BCUT2D eigenvalue weighted by molar-refractivity contribution is 5.99. The maximum atomic E-state index is 12.5. The van der Waals surface area contributed by atoms with Crippen molar-refractivity contribution in [3.8, 4) is 5.75 Å². The minimum atomic E-state index is -0.565. The van der Waals surface area contributed by atoms with Gasteiger partial charge in [-0.15, -0.1) is 0 Å². The number of hydrogen-bond donors (Lipinski definition) is 2. The van der Waals surface area contributed by atoms with Crippen LogP contribution in [-0.2, 0) is 24.8 Å². The van der Waals surface area contributed by atoms with Crippen molar-refractivity contribution in [1.82, 2.24) is 14.7 Å². The van der Waals surface area contributed by atoms with Gasteiger partial charge in [-0.05, 0) is 32.9 Å². The highest BCUT2D eigenvalue weighted by Crippen LogP contribution is 2.27. The van der Waals surface area contributed by atoms with E-state index in [9.17, 15) is 9.59 Å². The largest absolute Gasteiger partial charge is 0.497 e. The zero-order chi connectivity index (χ0) is 21.2. The normalized spacial score (nSPS) is 13.5. The van der Waals surface area contributed by atoms with E-state index in [1.807, 2.05) is 20.8 Å². The van der Waals surface area contributed by atoms with Gasteiger partial charge in [-0.3, -0.25) is 10.00 Å². The summed E-state index contributed by atoms with van der Waals surface area (Å²) in [5.74, 6) is 1.20. The van der Waals surface area contributed by atoms with E-state index in [1.54, 1.807) is 48.0 Å². The van der Waals surface area contributed by atoms with Crippen LogP contribution in [0.2, 0.25) is 0 Å². The van der Waals surface area contributed by atoms with Gasteiger partial charge in [0.25, 0.3) is 0 Å². The summed E-state index contributed by atoms with van der Waals surface area (Å²) >= 11 is 0. The van der Waals surface area contributed by atoms with Gasteiger partial charge in [-0.25, -0.2) is 9.59 Å². The summed E-state index contributed by atoms with van der Waals surface area (Å²) in [6, 6.07) is 6.68. The Morgan fingerprint density at radius 1 is 1.21 bits per heavy atom. The Morgan fingerprint density at radius 3 is 2.66 bits per heavy atom. The number of amides is 3. The molecular formula is C20H27N5O4. The van der Waals surface area contributed by atoms with Crippen molar-refractivity contribution < 1.29 is 19.1 Å². The quantitative estimate of drug-likeness (QED) is 0.822. The highest BCUT2D eigenvalue weighted by Gasteiger charge is 2.30. The van der Waals surface area contributed by atoms with Gasteiger partial charge in [0, 0.05) is 37.3 Å². The average Bonchev–Trinajstić information content (AvgIpc) is 2.95. The number of aromatic nitrogens is 2. The van der Waals surface area contributed by atoms with Crippen molar-refractivity contribution in [2.75, 3.05) is 24.3 Å². The van der Waals surface area contributed by atoms with Crippen LogP contribution in [0.15, 0.2) is 24.3 Å². The lowest BCUT2D eigenvalue weighted by Gasteiger charge is -2.29. The van der Waals surface area contributed by atoms with Crippen molar-refractivity contribution in [2.45, 2.75) is 39.3 Å². The predicted molar refractivity (Wildman–Crippen MR) is 109 cm³/mol. The number of rotatable bonds is 3. The Labute approximate surface area is 170 Å². The third kappa shape index (κ3) is 4.98. The molecule has 0 atom stereocenters. The summed E-state index contributed by atoms with van der Waals surface area (Å²) in [6.07, 6.45) is 0.223. The Bertz CT molecular complexity index is 916. The fourth-order valence-corrected chi connectivity index (χ4v) is 3.11. The molecule has 0 unspecified atom stereocenters. The number of nitrogens with zero attached hydrogens (tertiary/aromatic N) is 3. The van der Waals surface area contributed by atoms with Gasteiger partial charge in [-0.1, -0.05) is 6.07 Å². The summed E-state index contributed by atoms with van der Waals surface area (Å²) in [4.78, 5) is 26.6. The van der Waals surface area contributed by atoms with Crippen LogP contribution >= 0.6 is 0 Å². The molecule has 0 bridgehead atoms. The van der Waals surface area contributed by atoms with Crippen LogP contribution in [0.3, 0.4) is 0 Å². The third-order valence-electron chi connectivity index (χ3n) is 4.41. The third-order valence-corrected chi connectivity index (χ3v) is 4.41. The fourth-order valence-electron chi connectivity index (χ4n) is 3.11. The maximum absolute atomic E-state index is 12.5. The van der Waals surface area contributed by atoms with Gasteiger partial charge in [0.15, 0.2) is 0 Å². The van der Waals surface area contributed by atoms with Crippen LogP contribution in [0.5, 0.6) is 5.75 Å². The average molecular weight is 401 g/mol. The van der Waals surface area contributed by atoms with Gasteiger partial charge in [0.1, 0.15) is 17.2 Å². The molecule has 2 N–H and O–H groups in total. The summed E-state index contributed by atoms with van der Waals surface area (Å²) in [7, 11) is 3.33. The van der Waals surface area contributed by atoms with E-state index >= 15 is 0 Å². The van der Waals surface area contributed by atoms with Crippen LogP contribution in [0.25, 0.3) is 0 Å². The predicted octanol–water partition coefficient (Wildman–Crippen LogP) is 3.37. The monoisotopic (exact) mass is 401 g/mol. The van der Waals surface area contributed by atoms with E-state index in [1.165, 1.54) is 0 Å². The number of anilines is 2. The SMILES string of the molecule is COc1cccc(NC(=O)Nc2c3c(nn2C)CCN(C(=O)OC(C)(C)C)C3)c1. The molecule has 2 aromatic rings. The second-order valence-electron chi connectivity index (χ2n) is 7.86. The first-order chi connectivity index (χ1) is 13.7. The van der Waals surface area contributed by atoms with E-state index < -0.39 is 11.6 Å². The van der Waals surface area contributed by atoms with Gasteiger partial charge in [0.05, 0.1) is 19.3 Å². The van der Waals surface area contributed by atoms with E-state index in [0.717, 1.165) is 11.3 Å². The fraction of sp³-hybridized carbons (Fsp3) is 0.450. The molecule has 3 amide bonds. The smallest absolute Gasteiger partial charge is 0.410 e. The van der Waals surface area contributed by atoms with Crippen molar-refractivity contribution in [2.24, 2.45) is 7.05 Å². The van der Waals surface area contributed by atoms with E-state index in [2.05, 4.69) is 15.7 Å². The van der Waals surface area contributed by atoms with Gasteiger partial charge >= 0.3 is 12.1 Å². The van der Waals surface area contributed by atoms with E-state index in [0.29, 0.717) is 36.8 Å². The summed E-state index contributed by atoms with van der Waals surface area (Å²) in [5, 5.41) is 10.1. The molecule has 0 radical (unpaired) electrons. The Kier molecular flexibility index (Phi) is 5.67. The molecule has 29 heavy (non-hydrogen) atoms. The molecule has 0 fully saturated rings. The van der Waals surface area contributed by atoms with Gasteiger partial charge in [-0.2, -0.15) is 5.10 Å². The number of ether oxygens (including phenoxy) is 2. The second-order valence-corrected chi connectivity index (χ2v) is 7.86. The number of aryl methyl sites for hydroxylation is 1. The summed E-state index contributed by atoms with van der Waals surface area (Å²) in [5.41, 5.74) is 1.71. The number of carbonyl (C=O) groups is 2. The lowest BCUT2D eigenvalue weighted by Crippen LogP contribution is -2.40. The molecule has 0 saturated carbocycles.